The molecule has 1 aromatic rings. The van der Waals surface area contributed by atoms with Gasteiger partial charge < -0.3 is 15.5 Å². The second-order valence-corrected chi connectivity index (χ2v) is 4.38. The number of ketones is 1. The molecule has 1 amide bonds. The molecule has 19 heavy (non-hydrogen) atoms. The van der Waals surface area contributed by atoms with Crippen LogP contribution < -0.4 is 5.32 Å². The van der Waals surface area contributed by atoms with E-state index in [0.717, 1.165) is 0 Å². The normalized spacial score (nSPS) is 16.5. The van der Waals surface area contributed by atoms with Gasteiger partial charge in [-0.05, 0) is 24.1 Å². The van der Waals surface area contributed by atoms with Crippen molar-refractivity contribution in [1.29, 1.82) is 5.26 Å². The maximum absolute atomic E-state index is 11.8. The Morgan fingerprint density at radius 1 is 1.37 bits per heavy atom. The molecule has 0 saturated heterocycles. The lowest BCUT2D eigenvalue weighted by molar-refractivity contribution is -0.112. The van der Waals surface area contributed by atoms with Crippen molar-refractivity contribution in [3.05, 3.63) is 28.8 Å². The largest absolute Gasteiger partial charge is 0.389 e. The molecule has 0 spiro atoms. The fourth-order valence-electron chi connectivity index (χ4n) is 2.14. The molecule has 0 saturated carbocycles. The summed E-state index contributed by atoms with van der Waals surface area (Å²) in [7, 11) is 0. The zero-order valence-corrected chi connectivity index (χ0v) is 10.2. The summed E-state index contributed by atoms with van der Waals surface area (Å²) >= 11 is 0. The highest BCUT2D eigenvalue weighted by Crippen LogP contribution is 2.34. The second kappa shape index (κ2) is 4.80. The van der Waals surface area contributed by atoms with E-state index < -0.39 is 23.9 Å². The molecule has 0 aromatic heterocycles. The first kappa shape index (κ1) is 13.2. The summed E-state index contributed by atoms with van der Waals surface area (Å²) < 4.78 is 0. The van der Waals surface area contributed by atoms with Crippen LogP contribution in [0.3, 0.4) is 0 Å². The van der Waals surface area contributed by atoms with Crippen molar-refractivity contribution in [3.8, 4) is 6.07 Å². The van der Waals surface area contributed by atoms with Crippen LogP contribution in [0.2, 0.25) is 0 Å². The molecule has 1 aliphatic heterocycles. The fraction of sp³-hybridized carbons (Fsp3) is 0.308. The standard InChI is InChI=1S/C13H12N2O4/c1-6-2-3-7-10(12(18)13(19)15-7)9(6)11(17)8(16)4-5-14/h2-3,8,11,16-17H,4H2,1H3,(H,15,18,19). The topological polar surface area (TPSA) is 110 Å². The highest BCUT2D eigenvalue weighted by atomic mass is 16.3. The van der Waals surface area contributed by atoms with Crippen LogP contribution in [0.25, 0.3) is 0 Å². The van der Waals surface area contributed by atoms with E-state index in [1.54, 1.807) is 25.1 Å². The number of benzene rings is 1. The molecular formula is C13H12N2O4. The van der Waals surface area contributed by atoms with Gasteiger partial charge in [0.15, 0.2) is 0 Å². The number of anilines is 1. The number of carbonyl (C=O) groups is 2. The number of carbonyl (C=O) groups excluding carboxylic acids is 2. The van der Waals surface area contributed by atoms with Gasteiger partial charge in [-0.2, -0.15) is 5.26 Å². The van der Waals surface area contributed by atoms with Gasteiger partial charge in [-0.25, -0.2) is 0 Å². The molecule has 98 valence electrons. The monoisotopic (exact) mass is 260 g/mol. The van der Waals surface area contributed by atoms with Crippen LogP contribution in [0.4, 0.5) is 5.69 Å². The number of Topliss-reactive ketones (excluding diaryl/α,β-unsaturated/α-hetero) is 1. The van der Waals surface area contributed by atoms with E-state index in [9.17, 15) is 19.8 Å². The SMILES string of the molecule is Cc1ccc2c(c1C(O)C(O)CC#N)C(=O)C(=O)N2. The summed E-state index contributed by atoms with van der Waals surface area (Å²) in [6.07, 6.45) is -2.95. The van der Waals surface area contributed by atoms with Crippen molar-refractivity contribution in [3.63, 3.8) is 0 Å². The van der Waals surface area contributed by atoms with Crippen molar-refractivity contribution >= 4 is 17.4 Å². The molecule has 2 unspecified atom stereocenters. The van der Waals surface area contributed by atoms with Gasteiger partial charge in [-0.1, -0.05) is 6.07 Å². The number of rotatable bonds is 3. The number of hydrogen-bond acceptors (Lipinski definition) is 5. The molecular weight excluding hydrogens is 248 g/mol. The second-order valence-electron chi connectivity index (χ2n) is 4.38. The first-order chi connectivity index (χ1) is 8.97. The molecule has 6 heteroatoms. The fourth-order valence-corrected chi connectivity index (χ4v) is 2.14. The molecule has 1 aromatic carbocycles. The van der Waals surface area contributed by atoms with Gasteiger partial charge >= 0.3 is 0 Å². The first-order valence-corrected chi connectivity index (χ1v) is 5.69. The van der Waals surface area contributed by atoms with Crippen LogP contribution in [0.1, 0.15) is 34.0 Å². The zero-order valence-electron chi connectivity index (χ0n) is 10.2. The molecule has 6 nitrogen and oxygen atoms in total. The molecule has 3 N–H and O–H groups in total. The Balaban J connectivity index is 2.53. The van der Waals surface area contributed by atoms with Gasteiger partial charge in [0.1, 0.15) is 6.10 Å². The Morgan fingerprint density at radius 3 is 2.68 bits per heavy atom. The molecule has 1 heterocycles. The lowest BCUT2D eigenvalue weighted by atomic mass is 9.91. The minimum Gasteiger partial charge on any atom is -0.389 e. The van der Waals surface area contributed by atoms with Crippen LogP contribution in [0.15, 0.2) is 12.1 Å². The lowest BCUT2D eigenvalue weighted by Gasteiger charge is -2.20. The number of aliphatic hydroxyl groups is 2. The summed E-state index contributed by atoms with van der Waals surface area (Å²) in [6.45, 7) is 1.66. The summed E-state index contributed by atoms with van der Waals surface area (Å²) in [5.41, 5.74) is 1.17. The Hall–Kier alpha value is -2.23. The maximum Gasteiger partial charge on any atom is 0.296 e. The van der Waals surface area contributed by atoms with Crippen LogP contribution in [0.5, 0.6) is 0 Å². The predicted molar refractivity (Wildman–Crippen MR) is 65.3 cm³/mol. The Labute approximate surface area is 109 Å². The van der Waals surface area contributed by atoms with E-state index in [0.29, 0.717) is 11.3 Å². The van der Waals surface area contributed by atoms with E-state index >= 15 is 0 Å². The minimum absolute atomic E-state index is 0.0782. The molecule has 0 bridgehead atoms. The van der Waals surface area contributed by atoms with Gasteiger partial charge in [-0.3, -0.25) is 9.59 Å². The number of nitriles is 1. The summed E-state index contributed by atoms with van der Waals surface area (Å²) in [5.74, 6) is -1.50. The van der Waals surface area contributed by atoms with Crippen molar-refractivity contribution in [2.24, 2.45) is 0 Å². The van der Waals surface area contributed by atoms with Crippen molar-refractivity contribution in [1.82, 2.24) is 0 Å². The van der Waals surface area contributed by atoms with E-state index in [1.807, 2.05) is 0 Å². The Kier molecular flexibility index (Phi) is 3.34. The van der Waals surface area contributed by atoms with E-state index in [4.69, 9.17) is 5.26 Å². The quantitative estimate of drug-likeness (QED) is 0.683. The van der Waals surface area contributed by atoms with Crippen molar-refractivity contribution in [2.45, 2.75) is 25.6 Å². The highest BCUT2D eigenvalue weighted by Gasteiger charge is 2.35. The molecule has 0 fully saturated rings. The predicted octanol–water partition coefficient (Wildman–Crippen LogP) is 0.438. The smallest absolute Gasteiger partial charge is 0.296 e. The third-order valence-corrected chi connectivity index (χ3v) is 3.11. The number of nitrogens with one attached hydrogen (secondary N) is 1. The highest BCUT2D eigenvalue weighted by molar-refractivity contribution is 6.52. The van der Waals surface area contributed by atoms with Gasteiger partial charge in [0, 0.05) is 0 Å². The van der Waals surface area contributed by atoms with Crippen LogP contribution in [0, 0.1) is 18.3 Å². The van der Waals surface area contributed by atoms with Gasteiger partial charge in [0.25, 0.3) is 11.7 Å². The van der Waals surface area contributed by atoms with Crippen molar-refractivity contribution < 1.29 is 19.8 Å². The summed E-state index contributed by atoms with van der Waals surface area (Å²) in [5, 5.41) is 30.7. The average molecular weight is 260 g/mol. The third-order valence-electron chi connectivity index (χ3n) is 3.11. The van der Waals surface area contributed by atoms with Crippen molar-refractivity contribution in [2.75, 3.05) is 5.32 Å². The maximum atomic E-state index is 11.8. The lowest BCUT2D eigenvalue weighted by Crippen LogP contribution is -2.21. The Bertz CT molecular complexity index is 603. The van der Waals surface area contributed by atoms with E-state index in [-0.39, 0.29) is 17.5 Å². The average Bonchev–Trinajstić information content (AvgIpc) is 2.65. The van der Waals surface area contributed by atoms with Gasteiger partial charge in [0.05, 0.1) is 29.8 Å². The first-order valence-electron chi connectivity index (χ1n) is 5.69. The van der Waals surface area contributed by atoms with Crippen LogP contribution >= 0.6 is 0 Å². The van der Waals surface area contributed by atoms with E-state index in [2.05, 4.69) is 5.32 Å². The van der Waals surface area contributed by atoms with Gasteiger partial charge in [-0.15, -0.1) is 0 Å². The van der Waals surface area contributed by atoms with Crippen LogP contribution in [-0.2, 0) is 4.79 Å². The molecule has 2 rings (SSSR count). The summed E-state index contributed by atoms with van der Waals surface area (Å²) in [4.78, 5) is 23.1. The number of aryl methyl sites for hydroxylation is 1. The molecule has 2 atom stereocenters. The molecule has 1 aliphatic rings. The Morgan fingerprint density at radius 2 is 2.05 bits per heavy atom. The number of hydrogen-bond donors (Lipinski definition) is 3. The van der Waals surface area contributed by atoms with Gasteiger partial charge in [0.2, 0.25) is 0 Å². The number of amides is 1. The van der Waals surface area contributed by atoms with Crippen LogP contribution in [-0.4, -0.2) is 28.0 Å². The number of nitrogens with zero attached hydrogens (tertiary/aromatic N) is 1. The third kappa shape index (κ3) is 2.10. The summed E-state index contributed by atoms with van der Waals surface area (Å²) in [6, 6.07) is 4.95. The molecule has 0 radical (unpaired) electrons. The number of aliphatic hydroxyl groups excluding tert-OH is 2. The minimum atomic E-state index is -1.38. The number of fused-ring (bicyclic) bond motifs is 1. The molecule has 0 aliphatic carbocycles. The zero-order chi connectivity index (χ0) is 14.2. The van der Waals surface area contributed by atoms with E-state index in [1.165, 1.54) is 0 Å².